The molecule has 168 valence electrons. The third-order valence-electron chi connectivity index (χ3n) is 5.17. The van der Waals surface area contributed by atoms with E-state index in [0.29, 0.717) is 18.1 Å². The predicted octanol–water partition coefficient (Wildman–Crippen LogP) is 5.42. The Morgan fingerprint density at radius 2 is 2.03 bits per heavy atom. The molecular weight excluding hydrogens is 467 g/mol. The van der Waals surface area contributed by atoms with Crippen molar-refractivity contribution in [2.75, 3.05) is 17.3 Å². The number of furan rings is 1. The lowest BCUT2D eigenvalue weighted by molar-refractivity contribution is -0.119. The molecule has 0 aliphatic carbocycles. The highest BCUT2D eigenvalue weighted by molar-refractivity contribution is 7.19. The van der Waals surface area contributed by atoms with Crippen LogP contribution < -0.4 is 16.0 Å². The van der Waals surface area contributed by atoms with E-state index in [1.807, 2.05) is 49.4 Å². The standard InChI is InChI=1S/C23H23ClN4O2S.ClH/c1-14-19(11-17(25)23(29)28(2)15-7-4-3-5-8-15)31-22-18(12-20(24)27-21(14)22)26-13-16-9-6-10-30-16;/h3-10,12,17H,11,13,25H2,1-2H3,(H,26,27);1H. The van der Waals surface area contributed by atoms with Crippen LogP contribution in [0.15, 0.2) is 59.2 Å². The number of amides is 1. The number of carbonyl (C=O) groups is 1. The van der Waals surface area contributed by atoms with Crippen molar-refractivity contribution in [1.29, 1.82) is 0 Å². The number of nitrogens with one attached hydrogen (secondary N) is 1. The predicted molar refractivity (Wildman–Crippen MR) is 134 cm³/mol. The Hall–Kier alpha value is -2.58. The molecule has 1 amide bonds. The molecule has 6 nitrogen and oxygen atoms in total. The number of likely N-dealkylation sites (N-methyl/N-ethyl adjacent to an activating group) is 1. The van der Waals surface area contributed by atoms with Gasteiger partial charge in [0.25, 0.3) is 0 Å². The molecule has 0 spiro atoms. The number of aromatic nitrogens is 1. The van der Waals surface area contributed by atoms with Crippen molar-refractivity contribution in [2.24, 2.45) is 5.73 Å². The second kappa shape index (κ2) is 10.4. The lowest BCUT2D eigenvalue weighted by Gasteiger charge is -2.21. The normalized spacial score (nSPS) is 11.8. The van der Waals surface area contributed by atoms with E-state index in [-0.39, 0.29) is 18.3 Å². The molecule has 1 unspecified atom stereocenters. The summed E-state index contributed by atoms with van der Waals surface area (Å²) >= 11 is 7.86. The number of thiophene rings is 1. The number of nitrogens with zero attached hydrogens (tertiary/aromatic N) is 2. The summed E-state index contributed by atoms with van der Waals surface area (Å²) in [5.41, 5.74) is 9.82. The van der Waals surface area contributed by atoms with E-state index in [0.717, 1.165) is 37.8 Å². The average molecular weight is 491 g/mol. The van der Waals surface area contributed by atoms with E-state index in [1.54, 1.807) is 35.6 Å². The Labute approximate surface area is 201 Å². The molecule has 32 heavy (non-hydrogen) atoms. The van der Waals surface area contributed by atoms with Crippen LogP contribution in [0.1, 0.15) is 16.2 Å². The Morgan fingerprint density at radius 1 is 1.28 bits per heavy atom. The minimum absolute atomic E-state index is 0. The monoisotopic (exact) mass is 490 g/mol. The van der Waals surface area contributed by atoms with Crippen LogP contribution >= 0.6 is 35.3 Å². The quantitative estimate of drug-likeness (QED) is 0.338. The number of halogens is 2. The number of hydrogen-bond acceptors (Lipinski definition) is 6. The number of aryl methyl sites for hydroxylation is 1. The number of anilines is 2. The first-order valence-corrected chi connectivity index (χ1v) is 11.1. The van der Waals surface area contributed by atoms with Gasteiger partial charge in [-0.1, -0.05) is 29.8 Å². The van der Waals surface area contributed by atoms with Crippen molar-refractivity contribution in [3.05, 3.63) is 76.1 Å². The maximum Gasteiger partial charge on any atom is 0.244 e. The van der Waals surface area contributed by atoms with Gasteiger partial charge in [-0.3, -0.25) is 4.79 Å². The van der Waals surface area contributed by atoms with Crippen molar-refractivity contribution in [1.82, 2.24) is 4.98 Å². The first-order chi connectivity index (χ1) is 14.9. The van der Waals surface area contributed by atoms with Gasteiger partial charge in [-0.05, 0) is 36.8 Å². The largest absolute Gasteiger partial charge is 0.467 e. The zero-order valence-corrected chi connectivity index (χ0v) is 20.1. The van der Waals surface area contributed by atoms with Crippen LogP contribution in [0.25, 0.3) is 10.2 Å². The third-order valence-corrected chi connectivity index (χ3v) is 6.70. The van der Waals surface area contributed by atoms with Gasteiger partial charge in [0, 0.05) is 30.1 Å². The molecule has 0 aliphatic heterocycles. The van der Waals surface area contributed by atoms with Gasteiger partial charge in [0.15, 0.2) is 0 Å². The summed E-state index contributed by atoms with van der Waals surface area (Å²) in [6.07, 6.45) is 2.07. The van der Waals surface area contributed by atoms with Gasteiger partial charge < -0.3 is 20.4 Å². The molecule has 0 aliphatic rings. The summed E-state index contributed by atoms with van der Waals surface area (Å²) in [5.74, 6) is 0.691. The Morgan fingerprint density at radius 3 is 2.72 bits per heavy atom. The first kappa shape index (κ1) is 24.1. The van der Waals surface area contributed by atoms with Crippen LogP contribution in [-0.2, 0) is 17.8 Å². The Kier molecular flexibility index (Phi) is 7.79. The number of carbonyl (C=O) groups excluding carboxylic acids is 1. The van der Waals surface area contributed by atoms with E-state index < -0.39 is 6.04 Å². The molecule has 1 aromatic carbocycles. The zero-order valence-electron chi connectivity index (χ0n) is 17.7. The van der Waals surface area contributed by atoms with Crippen LogP contribution in [0.4, 0.5) is 11.4 Å². The smallest absolute Gasteiger partial charge is 0.244 e. The van der Waals surface area contributed by atoms with Crippen molar-refractivity contribution < 1.29 is 9.21 Å². The highest BCUT2D eigenvalue weighted by Crippen LogP contribution is 2.37. The van der Waals surface area contributed by atoms with Crippen molar-refractivity contribution in [3.8, 4) is 0 Å². The lowest BCUT2D eigenvalue weighted by atomic mass is 10.1. The van der Waals surface area contributed by atoms with Crippen LogP contribution in [0.2, 0.25) is 5.15 Å². The fourth-order valence-corrected chi connectivity index (χ4v) is 4.92. The number of fused-ring (bicyclic) bond motifs is 1. The number of hydrogen-bond donors (Lipinski definition) is 2. The molecule has 1 atom stereocenters. The second-order valence-corrected chi connectivity index (χ2v) is 8.79. The molecule has 0 saturated carbocycles. The fourth-order valence-electron chi connectivity index (χ4n) is 3.43. The number of para-hydroxylation sites is 1. The number of pyridine rings is 1. The van der Waals surface area contributed by atoms with Gasteiger partial charge in [0.2, 0.25) is 5.91 Å². The highest BCUT2D eigenvalue weighted by Gasteiger charge is 2.23. The van der Waals surface area contributed by atoms with Gasteiger partial charge in [-0.25, -0.2) is 4.98 Å². The Bertz CT molecular complexity index is 1200. The van der Waals surface area contributed by atoms with Gasteiger partial charge in [0.1, 0.15) is 10.9 Å². The lowest BCUT2D eigenvalue weighted by Crippen LogP contribution is -2.43. The molecule has 4 rings (SSSR count). The molecule has 9 heteroatoms. The number of benzene rings is 1. The van der Waals surface area contributed by atoms with E-state index in [1.165, 1.54) is 0 Å². The fraction of sp³-hybridized carbons (Fsp3) is 0.217. The Balaban J connectivity index is 0.00000289. The number of rotatable bonds is 7. The molecule has 0 bridgehead atoms. The minimum atomic E-state index is -0.660. The molecular formula is C23H24Cl2N4O2S. The summed E-state index contributed by atoms with van der Waals surface area (Å²) in [7, 11) is 1.74. The van der Waals surface area contributed by atoms with Crippen LogP contribution in [0.3, 0.4) is 0 Å². The molecule has 0 fully saturated rings. The van der Waals surface area contributed by atoms with Crippen LogP contribution in [0.5, 0.6) is 0 Å². The molecule has 3 heterocycles. The number of nitrogens with two attached hydrogens (primary N) is 1. The maximum absolute atomic E-state index is 12.9. The summed E-state index contributed by atoms with van der Waals surface area (Å²) in [5, 5.41) is 3.78. The molecule has 3 aromatic heterocycles. The summed E-state index contributed by atoms with van der Waals surface area (Å²) in [6, 6.07) is 14.4. The summed E-state index contributed by atoms with van der Waals surface area (Å²) < 4.78 is 6.38. The SMILES string of the molecule is Cc1c(CC(N)C(=O)N(C)c2ccccc2)sc2c(NCc3ccco3)cc(Cl)nc12.Cl. The third kappa shape index (κ3) is 5.07. The first-order valence-electron chi connectivity index (χ1n) is 9.87. The average Bonchev–Trinajstić information content (AvgIpc) is 3.40. The zero-order chi connectivity index (χ0) is 22.0. The van der Waals surface area contributed by atoms with Crippen molar-refractivity contribution >= 4 is 62.8 Å². The molecule has 3 N–H and O–H groups in total. The van der Waals surface area contributed by atoms with E-state index in [2.05, 4.69) is 10.3 Å². The molecule has 0 saturated heterocycles. The maximum atomic E-state index is 12.9. The molecule has 0 radical (unpaired) electrons. The van der Waals surface area contributed by atoms with Gasteiger partial charge in [-0.2, -0.15) is 0 Å². The van der Waals surface area contributed by atoms with Crippen molar-refractivity contribution in [2.45, 2.75) is 25.9 Å². The van der Waals surface area contributed by atoms with Gasteiger partial charge >= 0.3 is 0 Å². The topological polar surface area (TPSA) is 84.4 Å². The second-order valence-electron chi connectivity index (χ2n) is 7.30. The van der Waals surface area contributed by atoms with Crippen LogP contribution in [0, 0.1) is 6.92 Å². The van der Waals surface area contributed by atoms with Crippen LogP contribution in [-0.4, -0.2) is 24.0 Å². The van der Waals surface area contributed by atoms with Gasteiger partial charge in [0.05, 0.1) is 34.8 Å². The van der Waals surface area contributed by atoms with E-state index in [9.17, 15) is 4.79 Å². The molecule has 4 aromatic rings. The summed E-state index contributed by atoms with van der Waals surface area (Å²) in [6.45, 7) is 2.53. The highest BCUT2D eigenvalue weighted by atomic mass is 35.5. The van der Waals surface area contributed by atoms with Gasteiger partial charge in [-0.15, -0.1) is 23.7 Å². The van der Waals surface area contributed by atoms with Crippen molar-refractivity contribution in [3.63, 3.8) is 0 Å². The summed E-state index contributed by atoms with van der Waals surface area (Å²) in [4.78, 5) is 20.0. The van der Waals surface area contributed by atoms with E-state index in [4.69, 9.17) is 21.8 Å². The van der Waals surface area contributed by atoms with E-state index >= 15 is 0 Å². The minimum Gasteiger partial charge on any atom is -0.467 e.